The molecular weight excluding hydrogens is 378 g/mol. The first kappa shape index (κ1) is 21.9. The Balaban J connectivity index is 2.19. The van der Waals surface area contributed by atoms with Gasteiger partial charge in [0.15, 0.2) is 17.6 Å². The number of carbonyl (C=O) groups excluding carboxylic acids is 2. The molecule has 29 heavy (non-hydrogen) atoms. The van der Waals surface area contributed by atoms with Crippen LogP contribution in [0.5, 0.6) is 23.0 Å². The lowest BCUT2D eigenvalue weighted by molar-refractivity contribution is -0.123. The number of rotatable bonds is 8. The normalized spacial score (nSPS) is 11.2. The highest BCUT2D eigenvalue weighted by Crippen LogP contribution is 2.40. The SMILES string of the molecule is COc1ccc(C)cc1NC(=O)C(C)OC(=O)c1ccc(OC)c(OC)c1OC. The van der Waals surface area contributed by atoms with Gasteiger partial charge >= 0.3 is 5.97 Å². The molecule has 0 spiro atoms. The third-order valence-electron chi connectivity index (χ3n) is 4.19. The largest absolute Gasteiger partial charge is 0.495 e. The van der Waals surface area contributed by atoms with E-state index in [2.05, 4.69) is 5.32 Å². The number of esters is 1. The minimum atomic E-state index is -1.06. The van der Waals surface area contributed by atoms with E-state index < -0.39 is 18.0 Å². The summed E-state index contributed by atoms with van der Waals surface area (Å²) in [7, 11) is 5.81. The van der Waals surface area contributed by atoms with Crippen molar-refractivity contribution in [2.75, 3.05) is 33.8 Å². The number of hydrogen-bond acceptors (Lipinski definition) is 7. The van der Waals surface area contributed by atoms with Gasteiger partial charge in [-0.25, -0.2) is 4.79 Å². The van der Waals surface area contributed by atoms with E-state index in [4.69, 9.17) is 23.7 Å². The number of nitrogens with one attached hydrogen (secondary N) is 1. The van der Waals surface area contributed by atoms with Crippen molar-refractivity contribution in [3.63, 3.8) is 0 Å². The summed E-state index contributed by atoms with van der Waals surface area (Å²) in [4.78, 5) is 25.2. The van der Waals surface area contributed by atoms with Crippen LogP contribution in [0, 0.1) is 6.92 Å². The second-order valence-electron chi connectivity index (χ2n) is 6.12. The van der Waals surface area contributed by atoms with Crippen LogP contribution in [-0.2, 0) is 9.53 Å². The van der Waals surface area contributed by atoms with Crippen LogP contribution in [0.4, 0.5) is 5.69 Å². The summed E-state index contributed by atoms with van der Waals surface area (Å²) in [5.41, 5.74) is 1.54. The number of methoxy groups -OCH3 is 4. The molecule has 1 N–H and O–H groups in total. The Bertz CT molecular complexity index is 895. The number of anilines is 1. The van der Waals surface area contributed by atoms with Gasteiger partial charge in [-0.05, 0) is 43.7 Å². The second kappa shape index (κ2) is 9.68. The maximum Gasteiger partial charge on any atom is 0.342 e. The number of carbonyl (C=O) groups is 2. The molecule has 0 fully saturated rings. The minimum Gasteiger partial charge on any atom is -0.495 e. The van der Waals surface area contributed by atoms with Crippen LogP contribution in [0.2, 0.25) is 0 Å². The second-order valence-corrected chi connectivity index (χ2v) is 6.12. The van der Waals surface area contributed by atoms with Gasteiger partial charge in [-0.1, -0.05) is 6.07 Å². The summed E-state index contributed by atoms with van der Waals surface area (Å²) < 4.78 is 26.3. The zero-order valence-electron chi connectivity index (χ0n) is 17.3. The fourth-order valence-electron chi connectivity index (χ4n) is 2.69. The number of ether oxygens (including phenoxy) is 5. The lowest BCUT2D eigenvalue weighted by Crippen LogP contribution is -2.30. The average Bonchev–Trinajstić information content (AvgIpc) is 2.72. The number of amides is 1. The molecular formula is C21H25NO7. The van der Waals surface area contributed by atoms with Crippen LogP contribution >= 0.6 is 0 Å². The molecule has 2 rings (SSSR count). The molecule has 2 aromatic rings. The van der Waals surface area contributed by atoms with Crippen LogP contribution in [0.1, 0.15) is 22.8 Å². The van der Waals surface area contributed by atoms with Crippen LogP contribution in [0.15, 0.2) is 30.3 Å². The molecule has 0 aliphatic rings. The fraction of sp³-hybridized carbons (Fsp3) is 0.333. The van der Waals surface area contributed by atoms with E-state index in [0.717, 1.165) is 5.56 Å². The van der Waals surface area contributed by atoms with Crippen molar-refractivity contribution in [2.24, 2.45) is 0 Å². The molecule has 2 aromatic carbocycles. The molecule has 1 atom stereocenters. The van der Waals surface area contributed by atoms with E-state index in [1.54, 1.807) is 18.2 Å². The van der Waals surface area contributed by atoms with E-state index in [0.29, 0.717) is 17.2 Å². The molecule has 1 unspecified atom stereocenters. The zero-order chi connectivity index (χ0) is 21.6. The van der Waals surface area contributed by atoms with Crippen molar-refractivity contribution < 1.29 is 33.3 Å². The van der Waals surface area contributed by atoms with Gasteiger partial charge in [-0.15, -0.1) is 0 Å². The molecule has 0 saturated heterocycles. The van der Waals surface area contributed by atoms with Gasteiger partial charge in [0.05, 0.1) is 34.1 Å². The first-order valence-electron chi connectivity index (χ1n) is 8.81. The quantitative estimate of drug-likeness (QED) is 0.677. The fourth-order valence-corrected chi connectivity index (χ4v) is 2.69. The Labute approximate surface area is 169 Å². The molecule has 0 heterocycles. The Kier molecular flexibility index (Phi) is 7.30. The average molecular weight is 403 g/mol. The molecule has 0 bridgehead atoms. The molecule has 0 aliphatic heterocycles. The highest BCUT2D eigenvalue weighted by Gasteiger charge is 2.25. The molecule has 0 radical (unpaired) electrons. The van der Waals surface area contributed by atoms with Gasteiger partial charge in [0.25, 0.3) is 5.91 Å². The first-order chi connectivity index (χ1) is 13.9. The summed E-state index contributed by atoms with van der Waals surface area (Å²) in [6, 6.07) is 8.41. The van der Waals surface area contributed by atoms with Gasteiger partial charge in [0.2, 0.25) is 5.75 Å². The molecule has 0 saturated carbocycles. The predicted octanol–water partition coefficient (Wildman–Crippen LogP) is 3.21. The highest BCUT2D eigenvalue weighted by atomic mass is 16.6. The lowest BCUT2D eigenvalue weighted by atomic mass is 10.1. The highest BCUT2D eigenvalue weighted by molar-refractivity contribution is 5.99. The van der Waals surface area contributed by atoms with Crippen LogP contribution in [0.25, 0.3) is 0 Å². The molecule has 0 aliphatic carbocycles. The first-order valence-corrected chi connectivity index (χ1v) is 8.81. The van der Waals surface area contributed by atoms with Crippen molar-refractivity contribution in [1.82, 2.24) is 0 Å². The summed E-state index contributed by atoms with van der Waals surface area (Å²) in [5, 5.41) is 2.71. The Morgan fingerprint density at radius 3 is 2.07 bits per heavy atom. The van der Waals surface area contributed by atoms with Gasteiger partial charge in [0, 0.05) is 0 Å². The van der Waals surface area contributed by atoms with E-state index in [1.165, 1.54) is 41.4 Å². The van der Waals surface area contributed by atoms with Crippen molar-refractivity contribution >= 4 is 17.6 Å². The van der Waals surface area contributed by atoms with Gasteiger partial charge in [0.1, 0.15) is 11.3 Å². The zero-order valence-corrected chi connectivity index (χ0v) is 17.3. The van der Waals surface area contributed by atoms with Crippen molar-refractivity contribution in [3.8, 4) is 23.0 Å². The summed E-state index contributed by atoms with van der Waals surface area (Å²) >= 11 is 0. The third-order valence-corrected chi connectivity index (χ3v) is 4.19. The standard InChI is InChI=1S/C21H25NO7/c1-12-7-9-16(25-3)15(11-12)22-20(23)13(2)29-21(24)14-8-10-17(26-4)19(28-6)18(14)27-5/h7-11,13H,1-6H3,(H,22,23). The van der Waals surface area contributed by atoms with Gasteiger partial charge in [-0.2, -0.15) is 0 Å². The minimum absolute atomic E-state index is 0.109. The van der Waals surface area contributed by atoms with E-state index >= 15 is 0 Å². The van der Waals surface area contributed by atoms with Crippen molar-refractivity contribution in [3.05, 3.63) is 41.5 Å². The summed E-state index contributed by atoms with van der Waals surface area (Å²) in [6.07, 6.45) is -1.06. The Morgan fingerprint density at radius 1 is 0.862 bits per heavy atom. The summed E-state index contributed by atoms with van der Waals surface area (Å²) in [5.74, 6) is 0.0847. The molecule has 8 nitrogen and oxygen atoms in total. The third kappa shape index (κ3) is 4.90. The maximum atomic E-state index is 12.6. The maximum absolute atomic E-state index is 12.6. The number of benzene rings is 2. The molecule has 0 aromatic heterocycles. The molecule has 1 amide bonds. The Hall–Kier alpha value is -3.42. The topological polar surface area (TPSA) is 92.3 Å². The van der Waals surface area contributed by atoms with Crippen LogP contribution in [0.3, 0.4) is 0 Å². The van der Waals surface area contributed by atoms with Crippen molar-refractivity contribution in [1.29, 1.82) is 0 Å². The van der Waals surface area contributed by atoms with Crippen LogP contribution in [-0.4, -0.2) is 46.4 Å². The molecule has 8 heteroatoms. The molecule has 156 valence electrons. The summed E-state index contributed by atoms with van der Waals surface area (Å²) in [6.45, 7) is 3.37. The lowest BCUT2D eigenvalue weighted by Gasteiger charge is -2.18. The van der Waals surface area contributed by atoms with Crippen molar-refractivity contribution in [2.45, 2.75) is 20.0 Å². The smallest absolute Gasteiger partial charge is 0.342 e. The monoisotopic (exact) mass is 403 g/mol. The van der Waals surface area contributed by atoms with Gasteiger partial charge < -0.3 is 29.0 Å². The van der Waals surface area contributed by atoms with E-state index in [1.807, 2.05) is 13.0 Å². The number of hydrogen-bond donors (Lipinski definition) is 1. The van der Waals surface area contributed by atoms with Crippen LogP contribution < -0.4 is 24.3 Å². The number of aryl methyl sites for hydroxylation is 1. The van der Waals surface area contributed by atoms with Gasteiger partial charge in [-0.3, -0.25) is 4.79 Å². The predicted molar refractivity (Wildman–Crippen MR) is 107 cm³/mol. The van der Waals surface area contributed by atoms with E-state index in [9.17, 15) is 9.59 Å². The van der Waals surface area contributed by atoms with E-state index in [-0.39, 0.29) is 17.1 Å². The Morgan fingerprint density at radius 2 is 1.48 bits per heavy atom.